The Hall–Kier alpha value is -1.70. The number of hydrogen-bond donors (Lipinski definition) is 1. The van der Waals surface area contributed by atoms with E-state index in [1.54, 1.807) is 0 Å². The molecule has 0 aliphatic heterocycles. The number of fused-ring (bicyclic) bond motifs is 1. The molecule has 1 unspecified atom stereocenters. The summed E-state index contributed by atoms with van der Waals surface area (Å²) in [4.78, 5) is 0. The maximum atomic E-state index is 5.79. The first-order valence-electron chi connectivity index (χ1n) is 5.35. The van der Waals surface area contributed by atoms with Gasteiger partial charge in [0.05, 0.1) is 6.04 Å². The van der Waals surface area contributed by atoms with Gasteiger partial charge in [-0.25, -0.2) is 0 Å². The molecular formula is C13H14N2. The molecule has 2 N–H and O–H groups in total. The number of nitrogens with two attached hydrogens (primary N) is 1. The van der Waals surface area contributed by atoms with E-state index >= 15 is 0 Å². The van der Waals surface area contributed by atoms with E-state index in [0.717, 1.165) is 12.1 Å². The number of rotatable bonds is 1. The van der Waals surface area contributed by atoms with Crippen LogP contribution in [-0.4, -0.2) is 4.57 Å². The zero-order valence-electron chi connectivity index (χ0n) is 8.56. The summed E-state index contributed by atoms with van der Waals surface area (Å²) in [5.41, 5.74) is 9.51. The van der Waals surface area contributed by atoms with E-state index < -0.39 is 0 Å². The van der Waals surface area contributed by atoms with Gasteiger partial charge in [0.15, 0.2) is 0 Å². The molecule has 0 fully saturated rings. The van der Waals surface area contributed by atoms with E-state index in [1.165, 1.54) is 17.5 Å². The summed E-state index contributed by atoms with van der Waals surface area (Å²) in [6, 6.07) is 10.9. The van der Waals surface area contributed by atoms with Gasteiger partial charge in [-0.1, -0.05) is 6.07 Å². The lowest BCUT2D eigenvalue weighted by atomic mass is 10.1. The van der Waals surface area contributed by atoms with Gasteiger partial charge in [0, 0.05) is 18.1 Å². The summed E-state index contributed by atoms with van der Waals surface area (Å²) in [5, 5.41) is 0. The third-order valence-corrected chi connectivity index (χ3v) is 3.20. The first-order valence-corrected chi connectivity index (χ1v) is 5.35. The van der Waals surface area contributed by atoms with Gasteiger partial charge < -0.3 is 10.3 Å². The molecule has 2 heteroatoms. The van der Waals surface area contributed by atoms with Crippen LogP contribution in [0, 0.1) is 0 Å². The molecule has 1 aliphatic rings. The van der Waals surface area contributed by atoms with Gasteiger partial charge in [-0.3, -0.25) is 0 Å². The van der Waals surface area contributed by atoms with Crippen LogP contribution in [0.3, 0.4) is 0 Å². The molecule has 15 heavy (non-hydrogen) atoms. The number of aryl methyl sites for hydroxylation is 1. The quantitative estimate of drug-likeness (QED) is 0.701. The van der Waals surface area contributed by atoms with Crippen molar-refractivity contribution in [3.05, 3.63) is 53.9 Å². The minimum atomic E-state index is 0.510. The Morgan fingerprint density at radius 3 is 2.80 bits per heavy atom. The Morgan fingerprint density at radius 2 is 2.00 bits per heavy atom. The summed E-state index contributed by atoms with van der Waals surface area (Å²) in [6.07, 6.45) is 6.60. The van der Waals surface area contributed by atoms with E-state index in [2.05, 4.69) is 41.2 Å². The van der Waals surface area contributed by atoms with E-state index in [1.807, 2.05) is 6.07 Å². The number of hydrogen-bond acceptors (Lipinski definition) is 1. The first kappa shape index (κ1) is 8.60. The molecule has 1 atom stereocenters. The molecule has 2 aromatic rings. The predicted molar refractivity (Wildman–Crippen MR) is 61.7 cm³/mol. The zero-order valence-corrected chi connectivity index (χ0v) is 8.56. The largest absolute Gasteiger partial charge is 0.399 e. The van der Waals surface area contributed by atoms with Gasteiger partial charge in [-0.2, -0.15) is 0 Å². The van der Waals surface area contributed by atoms with Crippen LogP contribution >= 0.6 is 0 Å². The molecule has 1 aromatic carbocycles. The van der Waals surface area contributed by atoms with Crippen molar-refractivity contribution in [3.8, 4) is 0 Å². The van der Waals surface area contributed by atoms with Crippen LogP contribution in [-0.2, 0) is 6.42 Å². The highest BCUT2D eigenvalue weighted by Gasteiger charge is 2.22. The molecule has 1 heterocycles. The minimum Gasteiger partial charge on any atom is -0.399 e. The van der Waals surface area contributed by atoms with Crippen molar-refractivity contribution < 1.29 is 0 Å². The predicted octanol–water partition coefficient (Wildman–Crippen LogP) is 2.61. The van der Waals surface area contributed by atoms with Crippen LogP contribution in [0.2, 0.25) is 0 Å². The van der Waals surface area contributed by atoms with Gasteiger partial charge in [0.2, 0.25) is 0 Å². The van der Waals surface area contributed by atoms with Gasteiger partial charge >= 0.3 is 0 Å². The summed E-state index contributed by atoms with van der Waals surface area (Å²) < 4.78 is 2.28. The third-order valence-electron chi connectivity index (χ3n) is 3.20. The summed E-state index contributed by atoms with van der Waals surface area (Å²) in [7, 11) is 0. The van der Waals surface area contributed by atoms with Crippen LogP contribution in [0.4, 0.5) is 5.69 Å². The fraction of sp³-hybridized carbons (Fsp3) is 0.231. The maximum Gasteiger partial charge on any atom is 0.0585 e. The lowest BCUT2D eigenvalue weighted by molar-refractivity contribution is 0.583. The molecule has 3 rings (SSSR count). The normalized spacial score (nSPS) is 19.1. The second kappa shape index (κ2) is 3.16. The molecular weight excluding hydrogens is 184 g/mol. The molecule has 0 bridgehead atoms. The number of nitrogens with zero attached hydrogens (tertiary/aromatic N) is 1. The lowest BCUT2D eigenvalue weighted by Gasteiger charge is -2.13. The van der Waals surface area contributed by atoms with Gasteiger partial charge in [-0.05, 0) is 48.2 Å². The highest BCUT2D eigenvalue weighted by Crippen LogP contribution is 2.35. The fourth-order valence-corrected chi connectivity index (χ4v) is 2.48. The average Bonchev–Trinajstić information content (AvgIpc) is 2.82. The number of anilines is 1. The van der Waals surface area contributed by atoms with Gasteiger partial charge in [0.25, 0.3) is 0 Å². The summed E-state index contributed by atoms with van der Waals surface area (Å²) in [5.74, 6) is 0. The van der Waals surface area contributed by atoms with Crippen molar-refractivity contribution in [3.63, 3.8) is 0 Å². The van der Waals surface area contributed by atoms with Crippen LogP contribution in [0.25, 0.3) is 0 Å². The van der Waals surface area contributed by atoms with Gasteiger partial charge in [0.1, 0.15) is 0 Å². The first-order chi connectivity index (χ1) is 7.34. The third kappa shape index (κ3) is 1.33. The Balaban J connectivity index is 2.05. The second-order valence-corrected chi connectivity index (χ2v) is 4.14. The number of nitrogen functional groups attached to an aromatic ring is 1. The van der Waals surface area contributed by atoms with Crippen molar-refractivity contribution in [1.29, 1.82) is 0 Å². The lowest BCUT2D eigenvalue weighted by Crippen LogP contribution is -2.04. The molecule has 0 amide bonds. The van der Waals surface area contributed by atoms with E-state index in [0.29, 0.717) is 6.04 Å². The molecule has 0 saturated carbocycles. The standard InChI is InChI=1S/C13H14N2/c14-11-4-5-12-10(9-11)3-6-13(12)15-7-1-2-8-15/h1-2,4-5,7-9,13H,3,6,14H2. The molecule has 2 nitrogen and oxygen atoms in total. The van der Waals surface area contributed by atoms with Crippen molar-refractivity contribution in [1.82, 2.24) is 4.57 Å². The highest BCUT2D eigenvalue weighted by atomic mass is 15.0. The van der Waals surface area contributed by atoms with Crippen molar-refractivity contribution in [2.75, 3.05) is 5.73 Å². The number of benzene rings is 1. The topological polar surface area (TPSA) is 30.9 Å². The molecule has 1 aromatic heterocycles. The SMILES string of the molecule is Nc1ccc2c(c1)CCC2n1cccc1. The van der Waals surface area contributed by atoms with E-state index in [-0.39, 0.29) is 0 Å². The Labute approximate surface area is 89.3 Å². The minimum absolute atomic E-state index is 0.510. The molecule has 0 saturated heterocycles. The van der Waals surface area contributed by atoms with Crippen LogP contribution in [0.5, 0.6) is 0 Å². The van der Waals surface area contributed by atoms with Crippen molar-refractivity contribution in [2.24, 2.45) is 0 Å². The monoisotopic (exact) mass is 198 g/mol. The van der Waals surface area contributed by atoms with Crippen molar-refractivity contribution in [2.45, 2.75) is 18.9 Å². The molecule has 1 aliphatic carbocycles. The Kier molecular flexibility index (Phi) is 1.81. The summed E-state index contributed by atoms with van der Waals surface area (Å²) >= 11 is 0. The molecule has 0 radical (unpaired) electrons. The van der Waals surface area contributed by atoms with E-state index in [4.69, 9.17) is 5.73 Å². The number of aromatic nitrogens is 1. The Bertz CT molecular complexity index is 471. The second-order valence-electron chi connectivity index (χ2n) is 4.14. The Morgan fingerprint density at radius 1 is 1.20 bits per heavy atom. The summed E-state index contributed by atoms with van der Waals surface area (Å²) in [6.45, 7) is 0. The van der Waals surface area contributed by atoms with Crippen LogP contribution < -0.4 is 5.73 Å². The van der Waals surface area contributed by atoms with Crippen LogP contribution in [0.15, 0.2) is 42.7 Å². The average molecular weight is 198 g/mol. The molecule has 0 spiro atoms. The smallest absolute Gasteiger partial charge is 0.0585 e. The fourth-order valence-electron chi connectivity index (χ4n) is 2.48. The zero-order chi connectivity index (χ0) is 10.3. The van der Waals surface area contributed by atoms with E-state index in [9.17, 15) is 0 Å². The van der Waals surface area contributed by atoms with Crippen LogP contribution in [0.1, 0.15) is 23.6 Å². The molecule has 76 valence electrons. The van der Waals surface area contributed by atoms with Gasteiger partial charge in [-0.15, -0.1) is 0 Å². The van der Waals surface area contributed by atoms with Crippen molar-refractivity contribution >= 4 is 5.69 Å². The maximum absolute atomic E-state index is 5.79. The highest BCUT2D eigenvalue weighted by molar-refractivity contribution is 5.48.